The summed E-state index contributed by atoms with van der Waals surface area (Å²) in [6.07, 6.45) is 6.93. The van der Waals surface area contributed by atoms with Gasteiger partial charge in [-0.1, -0.05) is 43.2 Å². The van der Waals surface area contributed by atoms with Crippen LogP contribution < -0.4 is 0 Å². The van der Waals surface area contributed by atoms with Gasteiger partial charge in [-0.15, -0.1) is 0 Å². The molecule has 2 fully saturated rings. The van der Waals surface area contributed by atoms with Gasteiger partial charge >= 0.3 is 0 Å². The molecule has 1 amide bonds. The SMILES string of the molecule is COC[C@H]1CCCN(C(=O)[C@@H]2CCCC[C@@H]2c2ccccc2)C1. The number of hydrogen-bond donors (Lipinski definition) is 0. The maximum Gasteiger partial charge on any atom is 0.226 e. The summed E-state index contributed by atoms with van der Waals surface area (Å²) in [6.45, 7) is 2.58. The molecule has 3 nitrogen and oxygen atoms in total. The highest BCUT2D eigenvalue weighted by Gasteiger charge is 2.36. The largest absolute Gasteiger partial charge is 0.384 e. The minimum atomic E-state index is 0.174. The molecule has 1 aliphatic carbocycles. The van der Waals surface area contributed by atoms with Crippen LogP contribution in [0.3, 0.4) is 0 Å². The molecule has 0 spiro atoms. The topological polar surface area (TPSA) is 29.5 Å². The Morgan fingerprint density at radius 3 is 2.70 bits per heavy atom. The Balaban J connectivity index is 1.71. The number of carbonyl (C=O) groups is 1. The van der Waals surface area contributed by atoms with Crippen LogP contribution in [0, 0.1) is 11.8 Å². The van der Waals surface area contributed by atoms with Crippen LogP contribution in [0.2, 0.25) is 0 Å². The lowest BCUT2D eigenvalue weighted by molar-refractivity contribution is -0.139. The maximum absolute atomic E-state index is 13.2. The number of likely N-dealkylation sites (tertiary alicyclic amines) is 1. The van der Waals surface area contributed by atoms with Crippen molar-refractivity contribution < 1.29 is 9.53 Å². The molecule has 1 aromatic carbocycles. The van der Waals surface area contributed by atoms with E-state index in [1.807, 2.05) is 0 Å². The molecule has 1 heterocycles. The summed E-state index contributed by atoms with van der Waals surface area (Å²) in [7, 11) is 1.76. The van der Waals surface area contributed by atoms with Gasteiger partial charge in [0.15, 0.2) is 0 Å². The van der Waals surface area contributed by atoms with Crippen molar-refractivity contribution in [2.75, 3.05) is 26.8 Å². The summed E-state index contributed by atoms with van der Waals surface area (Å²) >= 11 is 0. The van der Waals surface area contributed by atoms with Crippen molar-refractivity contribution in [3.8, 4) is 0 Å². The summed E-state index contributed by atoms with van der Waals surface area (Å²) in [4.78, 5) is 15.3. The van der Waals surface area contributed by atoms with E-state index in [1.165, 1.54) is 24.8 Å². The van der Waals surface area contributed by atoms with Crippen LogP contribution in [0.25, 0.3) is 0 Å². The third kappa shape index (κ3) is 3.95. The fourth-order valence-electron chi connectivity index (χ4n) is 4.40. The van der Waals surface area contributed by atoms with E-state index in [9.17, 15) is 4.79 Å². The molecule has 1 aliphatic heterocycles. The molecular weight excluding hydrogens is 286 g/mol. The zero-order valence-corrected chi connectivity index (χ0v) is 14.2. The van der Waals surface area contributed by atoms with E-state index in [0.717, 1.165) is 39.0 Å². The minimum Gasteiger partial charge on any atom is -0.384 e. The van der Waals surface area contributed by atoms with Crippen LogP contribution in [-0.4, -0.2) is 37.6 Å². The molecule has 0 aromatic heterocycles. The van der Waals surface area contributed by atoms with Crippen LogP contribution in [0.1, 0.15) is 50.0 Å². The summed E-state index contributed by atoms with van der Waals surface area (Å²) in [6, 6.07) is 10.6. The Labute approximate surface area is 140 Å². The fraction of sp³-hybridized carbons (Fsp3) is 0.650. The normalized spacial score (nSPS) is 28.6. The van der Waals surface area contributed by atoms with Crippen molar-refractivity contribution in [2.24, 2.45) is 11.8 Å². The first kappa shape index (κ1) is 16.5. The monoisotopic (exact) mass is 315 g/mol. The second-order valence-corrected chi connectivity index (χ2v) is 7.16. The van der Waals surface area contributed by atoms with Gasteiger partial charge in [0.25, 0.3) is 0 Å². The molecule has 0 N–H and O–H groups in total. The Hall–Kier alpha value is -1.35. The van der Waals surface area contributed by atoms with Crippen LogP contribution in [0.4, 0.5) is 0 Å². The molecule has 3 atom stereocenters. The number of benzene rings is 1. The van der Waals surface area contributed by atoms with Crippen molar-refractivity contribution in [1.29, 1.82) is 0 Å². The van der Waals surface area contributed by atoms with Gasteiger partial charge in [0.05, 0.1) is 6.61 Å². The van der Waals surface area contributed by atoms with Crippen molar-refractivity contribution in [2.45, 2.75) is 44.4 Å². The van der Waals surface area contributed by atoms with E-state index >= 15 is 0 Å². The Morgan fingerprint density at radius 1 is 1.13 bits per heavy atom. The van der Waals surface area contributed by atoms with Crippen LogP contribution in [0.15, 0.2) is 30.3 Å². The van der Waals surface area contributed by atoms with E-state index in [4.69, 9.17) is 4.74 Å². The predicted octanol–water partition coefficient (Wildman–Crippen LogP) is 3.85. The summed E-state index contributed by atoms with van der Waals surface area (Å²) < 4.78 is 5.31. The van der Waals surface area contributed by atoms with E-state index in [-0.39, 0.29) is 5.92 Å². The number of piperidine rings is 1. The second-order valence-electron chi connectivity index (χ2n) is 7.16. The van der Waals surface area contributed by atoms with Gasteiger partial charge in [-0.25, -0.2) is 0 Å². The maximum atomic E-state index is 13.2. The van der Waals surface area contributed by atoms with Gasteiger partial charge < -0.3 is 9.64 Å². The molecular formula is C20H29NO2. The first-order valence-corrected chi connectivity index (χ1v) is 9.12. The van der Waals surface area contributed by atoms with E-state index in [0.29, 0.717) is 17.7 Å². The van der Waals surface area contributed by atoms with Gasteiger partial charge in [-0.05, 0) is 43.1 Å². The highest BCUT2D eigenvalue weighted by Crippen LogP contribution is 2.39. The molecule has 0 unspecified atom stereocenters. The average molecular weight is 315 g/mol. The lowest BCUT2D eigenvalue weighted by atomic mass is 9.74. The van der Waals surface area contributed by atoms with Crippen LogP contribution >= 0.6 is 0 Å². The van der Waals surface area contributed by atoms with E-state index < -0.39 is 0 Å². The number of amides is 1. The number of carbonyl (C=O) groups excluding carboxylic acids is 1. The molecule has 0 bridgehead atoms. The Morgan fingerprint density at radius 2 is 1.91 bits per heavy atom. The van der Waals surface area contributed by atoms with E-state index in [1.54, 1.807) is 7.11 Å². The highest BCUT2D eigenvalue weighted by atomic mass is 16.5. The number of hydrogen-bond acceptors (Lipinski definition) is 2. The smallest absolute Gasteiger partial charge is 0.226 e. The van der Waals surface area contributed by atoms with Gasteiger partial charge in [-0.3, -0.25) is 4.79 Å². The van der Waals surface area contributed by atoms with Crippen molar-refractivity contribution in [3.05, 3.63) is 35.9 Å². The third-order valence-corrected chi connectivity index (χ3v) is 5.54. The number of nitrogens with zero attached hydrogens (tertiary/aromatic N) is 1. The fourth-order valence-corrected chi connectivity index (χ4v) is 4.40. The molecule has 1 saturated heterocycles. The predicted molar refractivity (Wildman–Crippen MR) is 92.3 cm³/mol. The number of rotatable bonds is 4. The third-order valence-electron chi connectivity index (χ3n) is 5.54. The zero-order chi connectivity index (χ0) is 16.1. The summed E-state index contributed by atoms with van der Waals surface area (Å²) in [5.41, 5.74) is 1.34. The lowest BCUT2D eigenvalue weighted by Gasteiger charge is -2.38. The molecule has 1 saturated carbocycles. The zero-order valence-electron chi connectivity index (χ0n) is 14.2. The number of methoxy groups -OCH3 is 1. The molecule has 0 radical (unpaired) electrons. The quantitative estimate of drug-likeness (QED) is 0.845. The standard InChI is InChI=1S/C20H29NO2/c1-23-15-16-8-7-13-21(14-16)20(22)19-12-6-5-11-18(19)17-9-3-2-4-10-17/h2-4,9-10,16,18-19H,5-8,11-15H2,1H3/t16-,18+,19+/m0/s1. The Kier molecular flexibility index (Phi) is 5.71. The van der Waals surface area contributed by atoms with Crippen LogP contribution in [0.5, 0.6) is 0 Å². The van der Waals surface area contributed by atoms with Gasteiger partial charge in [-0.2, -0.15) is 0 Å². The minimum absolute atomic E-state index is 0.174. The van der Waals surface area contributed by atoms with Crippen molar-refractivity contribution >= 4 is 5.91 Å². The molecule has 1 aromatic rings. The van der Waals surface area contributed by atoms with Gasteiger partial charge in [0.2, 0.25) is 5.91 Å². The van der Waals surface area contributed by atoms with Crippen LogP contribution in [-0.2, 0) is 9.53 Å². The molecule has 2 aliphatic rings. The molecule has 126 valence electrons. The molecule has 23 heavy (non-hydrogen) atoms. The Bertz CT molecular complexity index is 500. The molecule has 3 rings (SSSR count). The van der Waals surface area contributed by atoms with E-state index in [2.05, 4.69) is 35.2 Å². The first-order valence-electron chi connectivity index (χ1n) is 9.12. The van der Waals surface area contributed by atoms with Gasteiger partial charge in [0.1, 0.15) is 0 Å². The number of ether oxygens (including phenoxy) is 1. The van der Waals surface area contributed by atoms with Crippen molar-refractivity contribution in [3.63, 3.8) is 0 Å². The average Bonchev–Trinajstić information content (AvgIpc) is 2.62. The lowest BCUT2D eigenvalue weighted by Crippen LogP contribution is -2.45. The molecule has 3 heteroatoms. The van der Waals surface area contributed by atoms with Crippen molar-refractivity contribution in [1.82, 2.24) is 4.90 Å². The highest BCUT2D eigenvalue weighted by molar-refractivity contribution is 5.80. The van der Waals surface area contributed by atoms with Gasteiger partial charge in [0, 0.05) is 26.1 Å². The summed E-state index contributed by atoms with van der Waals surface area (Å²) in [5, 5.41) is 0. The second kappa shape index (κ2) is 7.96. The first-order chi connectivity index (χ1) is 11.3. The summed E-state index contributed by atoms with van der Waals surface area (Å²) in [5.74, 6) is 1.48.